The predicted octanol–water partition coefficient (Wildman–Crippen LogP) is 1.48. The van der Waals surface area contributed by atoms with Crippen molar-refractivity contribution in [3.8, 4) is 0 Å². The summed E-state index contributed by atoms with van der Waals surface area (Å²) < 4.78 is 0. The van der Waals surface area contributed by atoms with Gasteiger partial charge in [0.05, 0.1) is 0 Å². The van der Waals surface area contributed by atoms with Crippen LogP contribution in [-0.2, 0) is 0 Å². The molecule has 1 rings (SSSR count). The van der Waals surface area contributed by atoms with E-state index < -0.39 is 0 Å². The largest absolute Gasteiger partial charge is 0.316 e. The van der Waals surface area contributed by atoms with E-state index in [9.17, 15) is 0 Å². The van der Waals surface area contributed by atoms with Crippen LogP contribution in [0.15, 0.2) is 23.8 Å². The molecule has 0 bridgehead atoms. The van der Waals surface area contributed by atoms with Crippen LogP contribution in [0.25, 0.3) is 0 Å². The molecule has 0 saturated heterocycles. The third kappa shape index (κ3) is 2.47. The molecule has 9 heavy (non-hydrogen) atoms. The van der Waals surface area contributed by atoms with Crippen molar-refractivity contribution in [1.29, 1.82) is 0 Å². The third-order valence-corrected chi connectivity index (χ3v) is 1.35. The second-order valence-electron chi connectivity index (χ2n) is 2.49. The Hall–Kier alpha value is -0.560. The summed E-state index contributed by atoms with van der Waals surface area (Å²) in [5, 5.41) is 3.06. The molecule has 1 nitrogen and oxygen atoms in total. The number of hydrogen-bond acceptors (Lipinski definition) is 1. The highest BCUT2D eigenvalue weighted by Gasteiger charge is 2.09. The summed E-state index contributed by atoms with van der Waals surface area (Å²) in [5.74, 6) is 0. The molecule has 1 N–H and O–H groups in total. The van der Waals surface area contributed by atoms with Crippen LogP contribution in [0, 0.1) is 0 Å². The summed E-state index contributed by atoms with van der Waals surface area (Å²) in [7, 11) is 1.94. The van der Waals surface area contributed by atoms with Crippen LogP contribution < -0.4 is 5.32 Å². The lowest BCUT2D eigenvalue weighted by Gasteiger charge is -1.94. The van der Waals surface area contributed by atoms with Gasteiger partial charge in [0.25, 0.3) is 0 Å². The molecule has 0 aromatic rings. The van der Waals surface area contributed by atoms with E-state index in [2.05, 4.69) is 18.0 Å². The molecule has 50 valence electrons. The molecule has 0 aromatic carbocycles. The highest BCUT2D eigenvalue weighted by molar-refractivity contribution is 5.28. The van der Waals surface area contributed by atoms with E-state index in [4.69, 9.17) is 0 Å². The molecule has 0 heterocycles. The minimum Gasteiger partial charge on any atom is -0.316 e. The SMILES string of the molecule is C=C(C=C1CC1)CNC. The van der Waals surface area contributed by atoms with E-state index in [1.54, 1.807) is 5.57 Å². The van der Waals surface area contributed by atoms with Crippen LogP contribution in [0.1, 0.15) is 12.8 Å². The maximum atomic E-state index is 3.89. The zero-order valence-electron chi connectivity index (χ0n) is 5.91. The van der Waals surface area contributed by atoms with Gasteiger partial charge in [0.2, 0.25) is 0 Å². The van der Waals surface area contributed by atoms with Crippen molar-refractivity contribution in [2.75, 3.05) is 13.6 Å². The highest BCUT2D eigenvalue weighted by atomic mass is 14.8. The summed E-state index contributed by atoms with van der Waals surface area (Å²) in [5.41, 5.74) is 2.75. The molecule has 1 aliphatic carbocycles. The molecule has 0 amide bonds. The van der Waals surface area contributed by atoms with Gasteiger partial charge in [-0.15, -0.1) is 0 Å². The fourth-order valence-corrected chi connectivity index (χ4v) is 0.783. The summed E-state index contributed by atoms with van der Waals surface area (Å²) >= 11 is 0. The number of nitrogens with one attached hydrogen (secondary N) is 1. The van der Waals surface area contributed by atoms with Gasteiger partial charge in [-0.3, -0.25) is 0 Å². The van der Waals surface area contributed by atoms with Crippen LogP contribution in [-0.4, -0.2) is 13.6 Å². The van der Waals surface area contributed by atoms with Crippen LogP contribution in [0.5, 0.6) is 0 Å². The number of rotatable bonds is 3. The van der Waals surface area contributed by atoms with Crippen molar-refractivity contribution in [3.05, 3.63) is 23.8 Å². The van der Waals surface area contributed by atoms with Gasteiger partial charge in [-0.05, 0) is 25.5 Å². The van der Waals surface area contributed by atoms with Gasteiger partial charge in [-0.25, -0.2) is 0 Å². The van der Waals surface area contributed by atoms with Crippen LogP contribution in [0.4, 0.5) is 0 Å². The van der Waals surface area contributed by atoms with Crippen molar-refractivity contribution in [2.24, 2.45) is 0 Å². The first-order valence-corrected chi connectivity index (χ1v) is 3.35. The molecule has 1 saturated carbocycles. The van der Waals surface area contributed by atoms with E-state index in [-0.39, 0.29) is 0 Å². The van der Waals surface area contributed by atoms with Crippen LogP contribution in [0.3, 0.4) is 0 Å². The van der Waals surface area contributed by atoms with Gasteiger partial charge in [0.15, 0.2) is 0 Å². The van der Waals surface area contributed by atoms with Gasteiger partial charge in [0.1, 0.15) is 0 Å². The van der Waals surface area contributed by atoms with Crippen LogP contribution >= 0.6 is 0 Å². The van der Waals surface area contributed by atoms with Crippen molar-refractivity contribution in [2.45, 2.75) is 12.8 Å². The average molecular weight is 123 g/mol. The fraction of sp³-hybridized carbons (Fsp3) is 0.500. The molecule has 0 atom stereocenters. The summed E-state index contributed by atoms with van der Waals surface area (Å²) in [6.45, 7) is 4.81. The van der Waals surface area contributed by atoms with Gasteiger partial charge < -0.3 is 5.32 Å². The molecule has 1 heteroatoms. The van der Waals surface area contributed by atoms with Gasteiger partial charge in [-0.1, -0.05) is 18.2 Å². The molecule has 0 aliphatic heterocycles. The Labute approximate surface area is 56.5 Å². The standard InChI is InChI=1S/C8H13N/c1-7(6-9-2)5-8-3-4-8/h5,9H,1,3-4,6H2,2H3. The first-order chi connectivity index (χ1) is 4.33. The average Bonchev–Trinajstić information content (AvgIpc) is 2.50. The Morgan fingerprint density at radius 3 is 2.89 bits per heavy atom. The Morgan fingerprint density at radius 2 is 2.44 bits per heavy atom. The number of allylic oxidation sites excluding steroid dienone is 1. The van der Waals surface area contributed by atoms with Gasteiger partial charge in [-0.2, -0.15) is 0 Å². The minimum absolute atomic E-state index is 0.920. The van der Waals surface area contributed by atoms with Crippen LogP contribution in [0.2, 0.25) is 0 Å². The molecule has 1 aliphatic rings. The molecular formula is C8H13N. The van der Waals surface area contributed by atoms with Crippen molar-refractivity contribution in [3.63, 3.8) is 0 Å². The third-order valence-electron chi connectivity index (χ3n) is 1.35. The van der Waals surface area contributed by atoms with Gasteiger partial charge in [0, 0.05) is 6.54 Å². The Kier molecular flexibility index (Phi) is 2.06. The Balaban J connectivity index is 2.25. The molecule has 0 radical (unpaired) electrons. The zero-order chi connectivity index (χ0) is 6.69. The first kappa shape index (κ1) is 6.56. The Bertz CT molecular complexity index is 139. The number of hydrogen-bond donors (Lipinski definition) is 1. The second-order valence-corrected chi connectivity index (χ2v) is 2.49. The highest BCUT2D eigenvalue weighted by Crippen LogP contribution is 2.28. The van der Waals surface area contributed by atoms with E-state index in [1.165, 1.54) is 18.4 Å². The van der Waals surface area contributed by atoms with Crippen molar-refractivity contribution in [1.82, 2.24) is 5.32 Å². The van der Waals surface area contributed by atoms with Gasteiger partial charge >= 0.3 is 0 Å². The van der Waals surface area contributed by atoms with Crippen molar-refractivity contribution >= 4 is 0 Å². The predicted molar refractivity (Wildman–Crippen MR) is 40.4 cm³/mol. The maximum Gasteiger partial charge on any atom is 0.0196 e. The normalized spacial score (nSPS) is 15.4. The topological polar surface area (TPSA) is 12.0 Å². The zero-order valence-corrected chi connectivity index (χ0v) is 5.91. The molecule has 1 fully saturated rings. The lowest BCUT2D eigenvalue weighted by atomic mass is 10.3. The maximum absolute atomic E-state index is 3.89. The fourth-order valence-electron chi connectivity index (χ4n) is 0.783. The second kappa shape index (κ2) is 2.83. The minimum atomic E-state index is 0.920. The smallest absolute Gasteiger partial charge is 0.0196 e. The Morgan fingerprint density at radius 1 is 1.78 bits per heavy atom. The van der Waals surface area contributed by atoms with E-state index in [1.807, 2.05) is 7.05 Å². The first-order valence-electron chi connectivity index (χ1n) is 3.35. The molecule has 0 spiro atoms. The van der Waals surface area contributed by atoms with E-state index in [0.717, 1.165) is 6.54 Å². The van der Waals surface area contributed by atoms with E-state index in [0.29, 0.717) is 0 Å². The molecule has 0 aromatic heterocycles. The monoisotopic (exact) mass is 123 g/mol. The summed E-state index contributed by atoms with van der Waals surface area (Å²) in [6.07, 6.45) is 4.78. The summed E-state index contributed by atoms with van der Waals surface area (Å²) in [6, 6.07) is 0. The number of likely N-dealkylation sites (N-methyl/N-ethyl adjacent to an activating group) is 1. The van der Waals surface area contributed by atoms with Crippen molar-refractivity contribution < 1.29 is 0 Å². The van der Waals surface area contributed by atoms with E-state index >= 15 is 0 Å². The lowest BCUT2D eigenvalue weighted by Crippen LogP contribution is -2.08. The lowest BCUT2D eigenvalue weighted by molar-refractivity contribution is 0.897. The molecular weight excluding hydrogens is 110 g/mol. The quantitative estimate of drug-likeness (QED) is 0.599. The summed E-state index contributed by atoms with van der Waals surface area (Å²) in [4.78, 5) is 0. The molecule has 0 unspecified atom stereocenters.